The smallest absolute Gasteiger partial charge is 0.410 e. The van der Waals surface area contributed by atoms with Gasteiger partial charge >= 0.3 is 6.18 Å². The molecule has 0 saturated carbocycles. The van der Waals surface area contributed by atoms with Crippen LogP contribution in [-0.2, 0) is 6.61 Å². The molecule has 0 radical (unpaired) electrons. The average Bonchev–Trinajstić information content (AvgIpc) is 3.32. The first kappa shape index (κ1) is 21.0. The number of benzene rings is 1. The van der Waals surface area contributed by atoms with Crippen molar-refractivity contribution in [3.8, 4) is 5.75 Å². The Morgan fingerprint density at radius 1 is 1.26 bits per heavy atom. The van der Waals surface area contributed by atoms with Crippen LogP contribution in [0.2, 0.25) is 0 Å². The second-order valence-corrected chi connectivity index (χ2v) is 7.56. The molecular weight excluding hydrogens is 413 g/mol. The number of aromatic nitrogens is 3. The third-order valence-electron chi connectivity index (χ3n) is 5.36. The van der Waals surface area contributed by atoms with Gasteiger partial charge < -0.3 is 9.26 Å². The fraction of sp³-hybridized carbons (Fsp3) is 0.381. The van der Waals surface area contributed by atoms with Crippen molar-refractivity contribution in [2.45, 2.75) is 46.0 Å². The molecule has 0 aliphatic carbocycles. The summed E-state index contributed by atoms with van der Waals surface area (Å²) in [7, 11) is 0. The molecule has 0 saturated heterocycles. The predicted molar refractivity (Wildman–Crippen MR) is 105 cm³/mol. The summed E-state index contributed by atoms with van der Waals surface area (Å²) in [6, 6.07) is 5.35. The molecule has 3 heterocycles. The van der Waals surface area contributed by atoms with Crippen LogP contribution in [0.1, 0.15) is 45.4 Å². The number of fused-ring (bicyclic) bond motifs is 1. The molecule has 4 rings (SSSR count). The second-order valence-electron chi connectivity index (χ2n) is 7.56. The summed E-state index contributed by atoms with van der Waals surface area (Å²) in [4.78, 5) is 14.4. The van der Waals surface area contributed by atoms with Crippen LogP contribution in [0.4, 0.5) is 19.0 Å². The van der Waals surface area contributed by atoms with Crippen LogP contribution in [0.15, 0.2) is 35.0 Å². The molecule has 3 aromatic rings. The van der Waals surface area contributed by atoms with Crippen LogP contribution in [0.3, 0.4) is 0 Å². The molecule has 1 unspecified atom stereocenters. The van der Waals surface area contributed by atoms with E-state index in [9.17, 15) is 18.0 Å². The molecule has 1 aromatic carbocycles. The molecule has 7 nitrogen and oxygen atoms in total. The Morgan fingerprint density at radius 2 is 2.03 bits per heavy atom. The Morgan fingerprint density at radius 3 is 2.74 bits per heavy atom. The van der Waals surface area contributed by atoms with E-state index in [-0.39, 0.29) is 31.1 Å². The zero-order chi connectivity index (χ0) is 22.3. The maximum atomic E-state index is 13.3. The van der Waals surface area contributed by atoms with E-state index in [1.165, 1.54) is 17.2 Å². The third kappa shape index (κ3) is 3.89. The summed E-state index contributed by atoms with van der Waals surface area (Å²) in [6.07, 6.45) is -3.50. The van der Waals surface area contributed by atoms with Gasteiger partial charge in [0.1, 0.15) is 23.9 Å². The molecule has 31 heavy (non-hydrogen) atoms. The monoisotopic (exact) mass is 434 g/mol. The molecule has 0 spiro atoms. The van der Waals surface area contributed by atoms with Gasteiger partial charge in [-0.25, -0.2) is 4.68 Å². The summed E-state index contributed by atoms with van der Waals surface area (Å²) >= 11 is 0. The van der Waals surface area contributed by atoms with Crippen LogP contribution in [0.5, 0.6) is 5.75 Å². The molecule has 10 heteroatoms. The summed E-state index contributed by atoms with van der Waals surface area (Å²) in [5, 5.41) is 7.65. The maximum absolute atomic E-state index is 13.3. The van der Waals surface area contributed by atoms with Crippen LogP contribution in [-0.4, -0.2) is 33.6 Å². The minimum atomic E-state index is -4.45. The lowest BCUT2D eigenvalue weighted by Crippen LogP contribution is -2.43. The zero-order valence-electron chi connectivity index (χ0n) is 17.2. The van der Waals surface area contributed by atoms with Crippen molar-refractivity contribution in [3.63, 3.8) is 0 Å². The summed E-state index contributed by atoms with van der Waals surface area (Å²) in [5.41, 5.74) is 2.51. The van der Waals surface area contributed by atoms with E-state index in [0.717, 1.165) is 15.8 Å². The van der Waals surface area contributed by atoms with Crippen molar-refractivity contribution in [1.29, 1.82) is 0 Å². The van der Waals surface area contributed by atoms with Gasteiger partial charge in [0.05, 0.1) is 11.8 Å². The van der Waals surface area contributed by atoms with Gasteiger partial charge in [0.25, 0.3) is 5.91 Å². The van der Waals surface area contributed by atoms with Crippen molar-refractivity contribution in [3.05, 3.63) is 58.6 Å². The average molecular weight is 434 g/mol. The predicted octanol–water partition coefficient (Wildman–Crippen LogP) is 4.53. The Kier molecular flexibility index (Phi) is 5.24. The first-order chi connectivity index (χ1) is 14.7. The summed E-state index contributed by atoms with van der Waals surface area (Å²) in [6.45, 7) is 5.48. The van der Waals surface area contributed by atoms with E-state index < -0.39 is 18.1 Å². The molecule has 0 N–H and O–H groups in total. The molecule has 1 aliphatic rings. The van der Waals surface area contributed by atoms with Crippen molar-refractivity contribution in [1.82, 2.24) is 14.9 Å². The van der Waals surface area contributed by atoms with Crippen molar-refractivity contribution in [2.24, 2.45) is 0 Å². The standard InChI is InChI=1S/C21H21F3N4O3/c1-12-4-5-16(13(2)10-12)30-11-15-14(3)31-26-19(15)20(29)27-9-7-17(21(22,23)24)28-18(27)6-8-25-28/h4-6,8,10,17H,7,9,11H2,1-3H3. The highest BCUT2D eigenvalue weighted by molar-refractivity contribution is 6.05. The van der Waals surface area contributed by atoms with Gasteiger partial charge in [0.15, 0.2) is 11.7 Å². The second kappa shape index (κ2) is 7.75. The number of ether oxygens (including phenoxy) is 1. The number of hydrogen-bond donors (Lipinski definition) is 0. The van der Waals surface area contributed by atoms with E-state index in [2.05, 4.69) is 10.3 Å². The third-order valence-corrected chi connectivity index (χ3v) is 5.36. The molecule has 164 valence electrons. The van der Waals surface area contributed by atoms with E-state index in [1.807, 2.05) is 32.0 Å². The number of amides is 1. The lowest BCUT2D eigenvalue weighted by Gasteiger charge is -2.33. The van der Waals surface area contributed by atoms with Gasteiger partial charge in [0.2, 0.25) is 0 Å². The Bertz CT molecular complexity index is 1120. The van der Waals surface area contributed by atoms with E-state index in [4.69, 9.17) is 9.26 Å². The Labute approximate surface area is 176 Å². The highest BCUT2D eigenvalue weighted by Gasteiger charge is 2.46. The first-order valence-corrected chi connectivity index (χ1v) is 9.74. The summed E-state index contributed by atoms with van der Waals surface area (Å²) < 4.78 is 51.9. The van der Waals surface area contributed by atoms with Gasteiger partial charge in [-0.1, -0.05) is 22.9 Å². The topological polar surface area (TPSA) is 73.4 Å². The number of hydrogen-bond acceptors (Lipinski definition) is 5. The number of carbonyl (C=O) groups excluding carboxylic acids is 1. The highest BCUT2D eigenvalue weighted by Crippen LogP contribution is 2.39. The molecule has 0 fully saturated rings. The fourth-order valence-electron chi connectivity index (χ4n) is 3.73. The van der Waals surface area contributed by atoms with Crippen LogP contribution in [0.25, 0.3) is 0 Å². The number of halogens is 3. The minimum Gasteiger partial charge on any atom is -0.488 e. The Balaban J connectivity index is 1.59. The molecule has 0 bridgehead atoms. The highest BCUT2D eigenvalue weighted by atomic mass is 19.4. The number of anilines is 1. The van der Waals surface area contributed by atoms with Gasteiger partial charge in [-0.05, 0) is 38.8 Å². The van der Waals surface area contributed by atoms with Gasteiger partial charge in [0, 0.05) is 12.6 Å². The van der Waals surface area contributed by atoms with Gasteiger partial charge in [-0.15, -0.1) is 0 Å². The molecule has 2 aromatic heterocycles. The van der Waals surface area contributed by atoms with Gasteiger partial charge in [-0.3, -0.25) is 9.69 Å². The normalized spacial score (nSPS) is 16.3. The first-order valence-electron chi connectivity index (χ1n) is 9.74. The quantitative estimate of drug-likeness (QED) is 0.603. The fourth-order valence-corrected chi connectivity index (χ4v) is 3.73. The van der Waals surface area contributed by atoms with Crippen molar-refractivity contribution in [2.75, 3.05) is 11.4 Å². The number of aryl methyl sites for hydroxylation is 3. The van der Waals surface area contributed by atoms with Crippen molar-refractivity contribution < 1.29 is 27.2 Å². The number of alkyl halides is 3. The van der Waals surface area contributed by atoms with E-state index in [1.54, 1.807) is 6.92 Å². The number of carbonyl (C=O) groups is 1. The number of nitrogens with zero attached hydrogens (tertiary/aromatic N) is 4. The Hall–Kier alpha value is -3.30. The van der Waals surface area contributed by atoms with Gasteiger partial charge in [-0.2, -0.15) is 18.3 Å². The van der Waals surface area contributed by atoms with Crippen LogP contribution >= 0.6 is 0 Å². The lowest BCUT2D eigenvalue weighted by molar-refractivity contribution is -0.172. The number of rotatable bonds is 4. The molecule has 1 aliphatic heterocycles. The lowest BCUT2D eigenvalue weighted by atomic mass is 10.1. The van der Waals surface area contributed by atoms with Crippen LogP contribution in [0, 0.1) is 20.8 Å². The summed E-state index contributed by atoms with van der Waals surface area (Å²) in [5.74, 6) is 0.583. The van der Waals surface area contributed by atoms with Crippen LogP contribution < -0.4 is 9.64 Å². The zero-order valence-corrected chi connectivity index (χ0v) is 17.2. The SMILES string of the molecule is Cc1ccc(OCc2c(C(=O)N3CCC(C(F)(F)F)n4nccc43)noc2C)c(C)c1. The molecular formula is C21H21F3N4O3. The molecule has 1 amide bonds. The minimum absolute atomic E-state index is 0.0143. The van der Waals surface area contributed by atoms with E-state index in [0.29, 0.717) is 17.1 Å². The van der Waals surface area contributed by atoms with Crippen molar-refractivity contribution >= 4 is 11.7 Å². The van der Waals surface area contributed by atoms with E-state index >= 15 is 0 Å². The molecule has 1 atom stereocenters. The largest absolute Gasteiger partial charge is 0.488 e. The maximum Gasteiger partial charge on any atom is 0.410 e.